The standard InChI is InChI=1S/C28H33ClFN5O3.C5H12O/c1-34(2)8-5-21-22(16-37)23(29)3-4-27(21)38-20-13-28(14-20)17-35(18-28)9-6-32-26-12-25(33-7-10-36)19(15-31)11-24(26)30;1-5(2,3)6-4/h3-5,8,10-12,15-16,20,31-33H,6-7,9,13-14,17-18H2,1-2H3;1-4H3/b8-5-,31-15?;. The lowest BCUT2D eigenvalue weighted by Crippen LogP contribution is -2.65. The van der Waals surface area contributed by atoms with E-state index in [-0.39, 0.29) is 23.7 Å². The van der Waals surface area contributed by atoms with E-state index in [1.54, 1.807) is 19.2 Å². The summed E-state index contributed by atoms with van der Waals surface area (Å²) in [5.74, 6) is 0.229. The molecule has 2 aromatic rings. The highest BCUT2D eigenvalue weighted by molar-refractivity contribution is 6.33. The largest absolute Gasteiger partial charge is 0.490 e. The first-order valence-corrected chi connectivity index (χ1v) is 15.0. The van der Waals surface area contributed by atoms with Crippen LogP contribution in [0.5, 0.6) is 5.75 Å². The van der Waals surface area contributed by atoms with Crippen LogP contribution < -0.4 is 15.4 Å². The van der Waals surface area contributed by atoms with Crippen LogP contribution in [0.15, 0.2) is 30.5 Å². The van der Waals surface area contributed by atoms with Crippen molar-refractivity contribution < 1.29 is 23.5 Å². The second-order valence-electron chi connectivity index (χ2n) is 12.5. The molecule has 240 valence electrons. The summed E-state index contributed by atoms with van der Waals surface area (Å²) in [6.07, 6.45) is 8.23. The predicted octanol–water partition coefficient (Wildman–Crippen LogP) is 5.82. The fourth-order valence-electron chi connectivity index (χ4n) is 5.19. The Hall–Kier alpha value is -3.47. The molecule has 1 saturated heterocycles. The Bertz CT molecular complexity index is 1330. The highest BCUT2D eigenvalue weighted by Crippen LogP contribution is 2.50. The highest BCUT2D eigenvalue weighted by atomic mass is 35.5. The second-order valence-corrected chi connectivity index (χ2v) is 12.9. The third kappa shape index (κ3) is 9.51. The van der Waals surface area contributed by atoms with Crippen molar-refractivity contribution in [3.05, 3.63) is 58.0 Å². The molecule has 3 N–H and O–H groups in total. The average molecular weight is 630 g/mol. The molecule has 4 rings (SSSR count). The maximum atomic E-state index is 14.4. The zero-order chi connectivity index (χ0) is 32.5. The SMILES string of the molecule is CN(C)/C=C\c1c(OC2CC3(C2)CN(CCNc2cc(NCC=O)c(C=N)cc2F)C3)ccc(Cl)c1C=O.COC(C)(C)C. The summed E-state index contributed by atoms with van der Waals surface area (Å²) in [4.78, 5) is 26.5. The molecular formula is C33H45ClFN5O4. The topological polar surface area (TPSA) is 107 Å². The van der Waals surface area contributed by atoms with Gasteiger partial charge < -0.3 is 40.1 Å². The van der Waals surface area contributed by atoms with Crippen molar-refractivity contribution in [3.63, 3.8) is 0 Å². The van der Waals surface area contributed by atoms with Gasteiger partial charge in [0.05, 0.1) is 29.0 Å². The van der Waals surface area contributed by atoms with Gasteiger partial charge >= 0.3 is 0 Å². The molecule has 44 heavy (non-hydrogen) atoms. The molecule has 0 aromatic heterocycles. The Morgan fingerprint density at radius 2 is 1.82 bits per heavy atom. The van der Waals surface area contributed by atoms with E-state index in [0.29, 0.717) is 45.4 Å². The monoisotopic (exact) mass is 629 g/mol. The van der Waals surface area contributed by atoms with E-state index in [0.717, 1.165) is 51.3 Å². The third-order valence-corrected chi connectivity index (χ3v) is 7.94. The fourth-order valence-corrected chi connectivity index (χ4v) is 5.40. The van der Waals surface area contributed by atoms with Crippen LogP contribution in [0.25, 0.3) is 6.08 Å². The number of ether oxygens (including phenoxy) is 2. The number of aldehydes is 2. The average Bonchev–Trinajstić information content (AvgIpc) is 2.93. The van der Waals surface area contributed by atoms with Crippen LogP contribution in [-0.2, 0) is 9.53 Å². The van der Waals surface area contributed by atoms with Gasteiger partial charge in [-0.3, -0.25) is 4.79 Å². The molecule has 2 aliphatic rings. The molecule has 0 amide bonds. The zero-order valence-corrected chi connectivity index (χ0v) is 27.3. The summed E-state index contributed by atoms with van der Waals surface area (Å²) in [5, 5.41) is 13.9. The molecule has 1 saturated carbocycles. The zero-order valence-electron chi connectivity index (χ0n) is 26.5. The number of halogens is 2. The van der Waals surface area contributed by atoms with Crippen LogP contribution in [-0.4, -0.2) is 94.2 Å². The van der Waals surface area contributed by atoms with Crippen molar-refractivity contribution in [2.45, 2.75) is 45.3 Å². The number of nitrogens with one attached hydrogen (secondary N) is 3. The van der Waals surface area contributed by atoms with Gasteiger partial charge in [-0.25, -0.2) is 4.39 Å². The van der Waals surface area contributed by atoms with E-state index < -0.39 is 5.82 Å². The van der Waals surface area contributed by atoms with Gasteiger partial charge in [0.25, 0.3) is 0 Å². The lowest BCUT2D eigenvalue weighted by atomic mass is 9.61. The predicted molar refractivity (Wildman–Crippen MR) is 176 cm³/mol. The van der Waals surface area contributed by atoms with Crippen molar-refractivity contribution in [3.8, 4) is 5.75 Å². The van der Waals surface area contributed by atoms with E-state index in [9.17, 15) is 14.0 Å². The Labute approximate surface area is 265 Å². The number of likely N-dealkylation sites (tertiary alicyclic amines) is 1. The molecule has 11 heteroatoms. The van der Waals surface area contributed by atoms with Crippen LogP contribution in [0.1, 0.15) is 55.1 Å². The third-order valence-electron chi connectivity index (χ3n) is 7.61. The lowest BCUT2D eigenvalue weighted by molar-refractivity contribution is -0.117. The Morgan fingerprint density at radius 3 is 2.39 bits per heavy atom. The first-order chi connectivity index (χ1) is 20.8. The number of carbonyl (C=O) groups is 2. The summed E-state index contributed by atoms with van der Waals surface area (Å²) in [5.41, 5.74) is 2.67. The Balaban J connectivity index is 0.000000801. The molecule has 1 aliphatic carbocycles. The minimum atomic E-state index is -0.432. The number of nitrogens with zero attached hydrogens (tertiary/aromatic N) is 2. The molecule has 0 atom stereocenters. The number of hydrogen-bond donors (Lipinski definition) is 3. The van der Waals surface area contributed by atoms with Crippen molar-refractivity contribution in [1.29, 1.82) is 5.41 Å². The first kappa shape index (κ1) is 35.0. The number of benzene rings is 2. The Kier molecular flexibility index (Phi) is 12.3. The van der Waals surface area contributed by atoms with Gasteiger partial charge in [0, 0.05) is 81.4 Å². The Morgan fingerprint density at radius 1 is 1.14 bits per heavy atom. The maximum Gasteiger partial charge on any atom is 0.152 e. The normalized spacial score (nSPS) is 15.9. The van der Waals surface area contributed by atoms with Crippen LogP contribution in [0.3, 0.4) is 0 Å². The van der Waals surface area contributed by atoms with Crippen LogP contribution in [0.2, 0.25) is 5.02 Å². The molecule has 1 aliphatic heterocycles. The molecule has 2 aromatic carbocycles. The van der Waals surface area contributed by atoms with Crippen LogP contribution >= 0.6 is 11.6 Å². The van der Waals surface area contributed by atoms with Gasteiger partial charge in [0.2, 0.25) is 0 Å². The molecule has 2 fully saturated rings. The van der Waals surface area contributed by atoms with Gasteiger partial charge in [0.15, 0.2) is 6.29 Å². The van der Waals surface area contributed by atoms with Gasteiger partial charge in [0.1, 0.15) is 17.9 Å². The summed E-state index contributed by atoms with van der Waals surface area (Å²) in [6, 6.07) is 6.40. The summed E-state index contributed by atoms with van der Waals surface area (Å²) < 4.78 is 25.7. The summed E-state index contributed by atoms with van der Waals surface area (Å²) >= 11 is 6.23. The molecule has 1 heterocycles. The van der Waals surface area contributed by atoms with Crippen LogP contribution in [0.4, 0.5) is 15.8 Å². The number of carbonyl (C=O) groups excluding carboxylic acids is 2. The maximum absolute atomic E-state index is 14.4. The minimum absolute atomic E-state index is 0.0417. The van der Waals surface area contributed by atoms with Gasteiger partial charge in [-0.1, -0.05) is 11.6 Å². The molecule has 1 spiro atoms. The number of hydrogen-bond acceptors (Lipinski definition) is 9. The fraction of sp³-hybridized carbons (Fsp3) is 0.485. The number of anilines is 2. The summed E-state index contributed by atoms with van der Waals surface area (Å²) in [7, 11) is 5.52. The molecule has 9 nitrogen and oxygen atoms in total. The molecule has 0 unspecified atom stereocenters. The van der Waals surface area contributed by atoms with Gasteiger partial charge in [-0.15, -0.1) is 0 Å². The lowest BCUT2D eigenvalue weighted by Gasteiger charge is -2.58. The quantitative estimate of drug-likeness (QED) is 0.188. The molecule has 0 radical (unpaired) electrons. The van der Waals surface area contributed by atoms with Crippen molar-refractivity contribution in [2.75, 3.05) is 64.6 Å². The van der Waals surface area contributed by atoms with E-state index in [1.165, 1.54) is 6.07 Å². The number of methoxy groups -OCH3 is 1. The summed E-state index contributed by atoms with van der Waals surface area (Å²) in [6.45, 7) is 9.43. The van der Waals surface area contributed by atoms with E-state index >= 15 is 0 Å². The minimum Gasteiger partial charge on any atom is -0.490 e. The first-order valence-electron chi connectivity index (χ1n) is 14.7. The molecule has 0 bridgehead atoms. The second kappa shape index (κ2) is 15.5. The highest BCUT2D eigenvalue weighted by Gasteiger charge is 2.53. The number of rotatable bonds is 13. The van der Waals surface area contributed by atoms with E-state index in [1.807, 2.05) is 58.1 Å². The smallest absolute Gasteiger partial charge is 0.152 e. The molecular weight excluding hydrogens is 585 g/mol. The van der Waals surface area contributed by atoms with Crippen molar-refractivity contribution >= 4 is 47.8 Å². The van der Waals surface area contributed by atoms with Gasteiger partial charge in [-0.2, -0.15) is 0 Å². The van der Waals surface area contributed by atoms with Gasteiger partial charge in [-0.05, 0) is 70.2 Å². The van der Waals surface area contributed by atoms with Crippen molar-refractivity contribution in [1.82, 2.24) is 9.80 Å². The van der Waals surface area contributed by atoms with Crippen LogP contribution in [0, 0.1) is 16.6 Å². The van der Waals surface area contributed by atoms with Crippen molar-refractivity contribution in [2.24, 2.45) is 5.41 Å². The van der Waals surface area contributed by atoms with E-state index in [4.69, 9.17) is 26.5 Å². The van der Waals surface area contributed by atoms with E-state index in [2.05, 4.69) is 15.5 Å².